The molecule has 2 aliphatic heterocycles. The summed E-state index contributed by atoms with van der Waals surface area (Å²) >= 11 is 1.37. The van der Waals surface area contributed by atoms with E-state index in [-0.39, 0.29) is 28.3 Å². The Labute approximate surface area is 95.7 Å². The summed E-state index contributed by atoms with van der Waals surface area (Å²) in [5, 5.41) is 11.0. The Morgan fingerprint density at radius 1 is 1.62 bits per heavy atom. The lowest BCUT2D eigenvalue weighted by Gasteiger charge is -2.44. The van der Waals surface area contributed by atoms with Gasteiger partial charge >= 0.3 is 5.97 Å². The highest BCUT2D eigenvalue weighted by atomic mass is 32.2. The van der Waals surface area contributed by atoms with Crippen LogP contribution in [0.5, 0.6) is 0 Å². The molecule has 0 radical (unpaired) electrons. The van der Waals surface area contributed by atoms with Crippen LogP contribution in [0.2, 0.25) is 0 Å². The summed E-state index contributed by atoms with van der Waals surface area (Å²) in [5.41, 5.74) is -0.0428. The zero-order valence-electron chi connectivity index (χ0n) is 8.47. The first-order valence-electron chi connectivity index (χ1n) is 4.69. The molecule has 1 fully saturated rings. The number of β-lactam (4-membered cyclic amide) rings is 1. The van der Waals surface area contributed by atoms with Crippen LogP contribution in [0.4, 0.5) is 0 Å². The molecule has 0 spiro atoms. The highest BCUT2D eigenvalue weighted by Crippen LogP contribution is 2.39. The van der Waals surface area contributed by atoms with E-state index in [1.54, 1.807) is 0 Å². The van der Waals surface area contributed by atoms with Crippen LogP contribution in [-0.2, 0) is 14.4 Å². The molecule has 6 nitrogen and oxygen atoms in total. The Kier molecular flexibility index (Phi) is 2.63. The maximum absolute atomic E-state index is 11.2. The van der Waals surface area contributed by atoms with Gasteiger partial charge in [0, 0.05) is 6.92 Å². The Hall–Kier alpha value is -1.50. The first kappa shape index (κ1) is 11.0. The average Bonchev–Trinajstić information content (AvgIpc) is 2.14. The Morgan fingerprint density at radius 3 is 2.81 bits per heavy atom. The van der Waals surface area contributed by atoms with Crippen molar-refractivity contribution in [1.82, 2.24) is 10.2 Å². The lowest BCUT2D eigenvalue weighted by molar-refractivity contribution is -0.146. The number of hydrogen-bond acceptors (Lipinski definition) is 4. The number of hydrogen-bond donors (Lipinski definition) is 2. The molecule has 0 saturated carbocycles. The largest absolute Gasteiger partial charge is 0.477 e. The van der Waals surface area contributed by atoms with Crippen molar-refractivity contribution in [1.29, 1.82) is 0 Å². The van der Waals surface area contributed by atoms with E-state index in [2.05, 4.69) is 5.32 Å². The van der Waals surface area contributed by atoms with Crippen LogP contribution in [0, 0.1) is 0 Å². The van der Waals surface area contributed by atoms with E-state index < -0.39 is 5.97 Å². The maximum atomic E-state index is 11.2. The highest BCUT2D eigenvalue weighted by molar-refractivity contribution is 8.00. The molecule has 16 heavy (non-hydrogen) atoms. The number of aliphatic carboxylic acids is 1. The van der Waals surface area contributed by atoms with Crippen molar-refractivity contribution in [2.45, 2.75) is 24.1 Å². The summed E-state index contributed by atoms with van der Waals surface area (Å²) < 4.78 is 0. The molecule has 0 bridgehead atoms. The number of carboxylic acids is 1. The van der Waals surface area contributed by atoms with Crippen LogP contribution in [0.3, 0.4) is 0 Å². The number of carboxylic acid groups (broad SMARTS) is 1. The van der Waals surface area contributed by atoms with Crippen molar-refractivity contribution in [2.24, 2.45) is 0 Å². The lowest BCUT2D eigenvalue weighted by atomic mass is 10.1. The summed E-state index contributed by atoms with van der Waals surface area (Å²) in [7, 11) is 0. The van der Waals surface area contributed by atoms with E-state index in [4.69, 9.17) is 5.11 Å². The Bertz CT molecular complexity index is 406. The van der Waals surface area contributed by atoms with Gasteiger partial charge in [-0.15, -0.1) is 11.8 Å². The van der Waals surface area contributed by atoms with E-state index in [1.807, 2.05) is 0 Å². The minimum absolute atomic E-state index is 0.0428. The predicted molar refractivity (Wildman–Crippen MR) is 56.2 cm³/mol. The maximum Gasteiger partial charge on any atom is 0.352 e. The second-order valence-corrected chi connectivity index (χ2v) is 4.86. The second kappa shape index (κ2) is 3.82. The first-order valence-corrected chi connectivity index (χ1v) is 5.63. The van der Waals surface area contributed by atoms with Gasteiger partial charge in [-0.3, -0.25) is 14.5 Å². The van der Waals surface area contributed by atoms with Crippen LogP contribution in [-0.4, -0.2) is 38.5 Å². The van der Waals surface area contributed by atoms with Gasteiger partial charge in [-0.1, -0.05) is 0 Å². The molecule has 0 aliphatic carbocycles. The molecule has 2 N–H and O–H groups in total. The lowest BCUT2D eigenvalue weighted by Crippen LogP contribution is -2.55. The van der Waals surface area contributed by atoms with E-state index >= 15 is 0 Å². The van der Waals surface area contributed by atoms with E-state index in [0.29, 0.717) is 6.42 Å². The van der Waals surface area contributed by atoms with Gasteiger partial charge in [0.05, 0.1) is 17.2 Å². The SMILES string of the molecule is CC(=O)NC1C=C(C(=O)O)N2C(=O)C[C@H]2S1. The molecule has 2 atom stereocenters. The summed E-state index contributed by atoms with van der Waals surface area (Å²) in [6.45, 7) is 1.37. The predicted octanol–water partition coefficient (Wildman–Crippen LogP) is -0.278. The van der Waals surface area contributed by atoms with Crippen LogP contribution in [0.25, 0.3) is 0 Å². The smallest absolute Gasteiger partial charge is 0.352 e. The summed E-state index contributed by atoms with van der Waals surface area (Å²) in [6.07, 6.45) is 1.72. The number of carbonyl (C=O) groups excluding carboxylic acids is 2. The van der Waals surface area contributed by atoms with Crippen molar-refractivity contribution in [3.8, 4) is 0 Å². The number of carbonyl (C=O) groups is 3. The molecule has 0 aromatic carbocycles. The Balaban J connectivity index is 2.21. The van der Waals surface area contributed by atoms with Crippen LogP contribution >= 0.6 is 11.8 Å². The number of nitrogens with zero attached hydrogens (tertiary/aromatic N) is 1. The monoisotopic (exact) mass is 242 g/mol. The summed E-state index contributed by atoms with van der Waals surface area (Å²) in [6, 6.07) is 0. The molecule has 86 valence electrons. The number of thioether (sulfide) groups is 1. The van der Waals surface area contributed by atoms with E-state index in [9.17, 15) is 14.4 Å². The first-order chi connectivity index (χ1) is 7.49. The van der Waals surface area contributed by atoms with Gasteiger partial charge in [-0.05, 0) is 6.08 Å². The second-order valence-electron chi connectivity index (χ2n) is 3.54. The quantitative estimate of drug-likeness (QED) is 0.650. The van der Waals surface area contributed by atoms with Gasteiger partial charge in [0.15, 0.2) is 0 Å². The Morgan fingerprint density at radius 2 is 2.31 bits per heavy atom. The molecule has 0 aromatic heterocycles. The minimum Gasteiger partial charge on any atom is -0.477 e. The fraction of sp³-hybridized carbons (Fsp3) is 0.444. The van der Waals surface area contributed by atoms with Gasteiger partial charge < -0.3 is 10.4 Å². The number of fused-ring (bicyclic) bond motifs is 1. The number of rotatable bonds is 2. The number of nitrogens with one attached hydrogen (secondary N) is 1. The standard InChI is InChI=1S/C9H10N2O4S/c1-4(12)10-6-2-5(9(14)15)11-7(13)3-8(11)16-6/h2,6,8H,3H2,1H3,(H,10,12)(H,14,15)/t6?,8-/m1/s1. The van der Waals surface area contributed by atoms with Crippen molar-refractivity contribution >= 4 is 29.5 Å². The van der Waals surface area contributed by atoms with Gasteiger partial charge in [-0.25, -0.2) is 4.79 Å². The third kappa shape index (κ3) is 1.78. The van der Waals surface area contributed by atoms with E-state index in [0.717, 1.165) is 0 Å². The summed E-state index contributed by atoms with van der Waals surface area (Å²) in [4.78, 5) is 34.3. The molecular weight excluding hydrogens is 232 g/mol. The molecule has 2 rings (SSSR count). The van der Waals surface area contributed by atoms with E-state index in [1.165, 1.54) is 29.7 Å². The third-order valence-electron chi connectivity index (χ3n) is 2.34. The van der Waals surface area contributed by atoms with Crippen molar-refractivity contribution < 1.29 is 19.5 Å². The van der Waals surface area contributed by atoms with Crippen molar-refractivity contribution in [2.75, 3.05) is 0 Å². The average molecular weight is 242 g/mol. The molecular formula is C9H10N2O4S. The van der Waals surface area contributed by atoms with Gasteiger partial charge in [0.1, 0.15) is 5.70 Å². The topological polar surface area (TPSA) is 86.7 Å². The zero-order chi connectivity index (χ0) is 11.9. The van der Waals surface area contributed by atoms with Gasteiger partial charge in [-0.2, -0.15) is 0 Å². The van der Waals surface area contributed by atoms with Crippen molar-refractivity contribution in [3.05, 3.63) is 11.8 Å². The number of amides is 2. The molecule has 1 unspecified atom stereocenters. The van der Waals surface area contributed by atoms with Gasteiger partial charge in [0.2, 0.25) is 11.8 Å². The zero-order valence-corrected chi connectivity index (χ0v) is 9.28. The highest BCUT2D eigenvalue weighted by Gasteiger charge is 2.45. The van der Waals surface area contributed by atoms with Crippen LogP contribution < -0.4 is 5.32 Å². The molecule has 0 aromatic rings. The molecule has 2 heterocycles. The normalized spacial score (nSPS) is 27.7. The van der Waals surface area contributed by atoms with Crippen LogP contribution in [0.15, 0.2) is 11.8 Å². The molecule has 1 saturated heterocycles. The molecule has 2 amide bonds. The van der Waals surface area contributed by atoms with Crippen molar-refractivity contribution in [3.63, 3.8) is 0 Å². The summed E-state index contributed by atoms with van der Waals surface area (Å²) in [5.74, 6) is -1.56. The minimum atomic E-state index is -1.14. The molecule has 7 heteroatoms. The third-order valence-corrected chi connectivity index (χ3v) is 3.58. The molecule has 2 aliphatic rings. The fourth-order valence-electron chi connectivity index (χ4n) is 1.67. The van der Waals surface area contributed by atoms with Gasteiger partial charge in [0.25, 0.3) is 0 Å². The van der Waals surface area contributed by atoms with Crippen LogP contribution in [0.1, 0.15) is 13.3 Å². The fourth-order valence-corrected chi connectivity index (χ4v) is 3.04.